The van der Waals surface area contributed by atoms with Crippen LogP contribution < -0.4 is 9.64 Å². The fraction of sp³-hybridized carbons (Fsp3) is 0.300. The van der Waals surface area contributed by atoms with Crippen LogP contribution in [0.5, 0.6) is 5.75 Å². The van der Waals surface area contributed by atoms with E-state index in [2.05, 4.69) is 15.9 Å². The van der Waals surface area contributed by atoms with Gasteiger partial charge in [0, 0.05) is 28.8 Å². The zero-order valence-corrected chi connectivity index (χ0v) is 16.4. The third-order valence-corrected chi connectivity index (χ3v) is 4.94. The molecule has 1 aliphatic rings. The second-order valence-electron chi connectivity index (χ2n) is 6.10. The minimum Gasteiger partial charge on any atom is -0.494 e. The molecule has 0 aromatic heterocycles. The lowest BCUT2D eigenvalue weighted by atomic mass is 10.1. The van der Waals surface area contributed by atoms with Crippen molar-refractivity contribution < 1.29 is 14.3 Å². The Morgan fingerprint density at radius 3 is 2.58 bits per heavy atom. The third kappa shape index (κ3) is 3.75. The maximum absolute atomic E-state index is 12.8. The zero-order valence-electron chi connectivity index (χ0n) is 14.8. The molecule has 0 bridgehead atoms. The van der Waals surface area contributed by atoms with Gasteiger partial charge in [0.25, 0.3) is 5.91 Å². The van der Waals surface area contributed by atoms with Crippen molar-refractivity contribution in [3.05, 3.63) is 58.6 Å². The van der Waals surface area contributed by atoms with Gasteiger partial charge in [-0.1, -0.05) is 22.0 Å². The fourth-order valence-electron chi connectivity index (χ4n) is 3.08. The molecule has 5 nitrogen and oxygen atoms in total. The standard InChI is InChI=1S/C20H21BrN2O3/c1-3-26-18-9-7-17(8-10-18)23-12-11-22(14(2)19(23)24)20(25)15-5-4-6-16(21)13-15/h4-10,13-14H,3,11-12H2,1-2H3. The highest BCUT2D eigenvalue weighted by Gasteiger charge is 2.35. The van der Waals surface area contributed by atoms with Crippen molar-refractivity contribution in [3.63, 3.8) is 0 Å². The molecule has 0 spiro atoms. The topological polar surface area (TPSA) is 49.9 Å². The molecule has 1 unspecified atom stereocenters. The van der Waals surface area contributed by atoms with Gasteiger partial charge in [0.05, 0.1) is 6.61 Å². The van der Waals surface area contributed by atoms with Gasteiger partial charge in [0.1, 0.15) is 11.8 Å². The minimum absolute atomic E-state index is 0.0799. The van der Waals surface area contributed by atoms with Crippen LogP contribution in [0.25, 0.3) is 0 Å². The second-order valence-corrected chi connectivity index (χ2v) is 7.02. The number of anilines is 1. The van der Waals surface area contributed by atoms with E-state index in [9.17, 15) is 9.59 Å². The van der Waals surface area contributed by atoms with Crippen LogP contribution in [0.4, 0.5) is 5.69 Å². The highest BCUT2D eigenvalue weighted by molar-refractivity contribution is 9.10. The van der Waals surface area contributed by atoms with Gasteiger partial charge in [0.15, 0.2) is 0 Å². The summed E-state index contributed by atoms with van der Waals surface area (Å²) in [5.74, 6) is 0.572. The molecule has 0 radical (unpaired) electrons. The molecule has 0 N–H and O–H groups in total. The first kappa shape index (κ1) is 18.5. The SMILES string of the molecule is CCOc1ccc(N2CCN(C(=O)c3cccc(Br)c3)C(C)C2=O)cc1. The summed E-state index contributed by atoms with van der Waals surface area (Å²) < 4.78 is 6.29. The number of piperazine rings is 1. The average Bonchev–Trinajstić information content (AvgIpc) is 2.64. The lowest BCUT2D eigenvalue weighted by Crippen LogP contribution is -2.57. The fourth-order valence-corrected chi connectivity index (χ4v) is 3.48. The van der Waals surface area contributed by atoms with Crippen LogP contribution in [-0.4, -0.2) is 42.5 Å². The second kappa shape index (κ2) is 7.91. The summed E-state index contributed by atoms with van der Waals surface area (Å²) in [5.41, 5.74) is 1.40. The molecule has 2 amide bonds. The van der Waals surface area contributed by atoms with Crippen LogP contribution in [0.2, 0.25) is 0 Å². The quantitative estimate of drug-likeness (QED) is 0.762. The number of carbonyl (C=O) groups is 2. The van der Waals surface area contributed by atoms with E-state index in [-0.39, 0.29) is 11.8 Å². The van der Waals surface area contributed by atoms with Crippen molar-refractivity contribution in [3.8, 4) is 5.75 Å². The normalized spacial score (nSPS) is 17.3. The Morgan fingerprint density at radius 2 is 1.92 bits per heavy atom. The van der Waals surface area contributed by atoms with Crippen LogP contribution in [0, 0.1) is 0 Å². The number of halogens is 1. The van der Waals surface area contributed by atoms with E-state index in [1.165, 1.54) is 0 Å². The number of hydrogen-bond donors (Lipinski definition) is 0. The molecule has 1 aliphatic heterocycles. The molecular weight excluding hydrogens is 396 g/mol. The summed E-state index contributed by atoms with van der Waals surface area (Å²) in [7, 11) is 0. The first-order valence-electron chi connectivity index (χ1n) is 8.62. The minimum atomic E-state index is -0.512. The maximum atomic E-state index is 12.8. The summed E-state index contributed by atoms with van der Waals surface area (Å²) in [6.07, 6.45) is 0. The third-order valence-electron chi connectivity index (χ3n) is 4.45. The largest absolute Gasteiger partial charge is 0.494 e. The monoisotopic (exact) mass is 416 g/mol. The van der Waals surface area contributed by atoms with E-state index < -0.39 is 6.04 Å². The van der Waals surface area contributed by atoms with Crippen LogP contribution in [0.15, 0.2) is 53.0 Å². The molecule has 2 aromatic rings. The van der Waals surface area contributed by atoms with Crippen LogP contribution in [0.3, 0.4) is 0 Å². The first-order valence-corrected chi connectivity index (χ1v) is 9.41. The predicted octanol–water partition coefficient (Wildman–Crippen LogP) is 3.73. The number of nitrogens with zero attached hydrogens (tertiary/aromatic N) is 2. The van der Waals surface area contributed by atoms with Gasteiger partial charge in [-0.05, 0) is 56.3 Å². The van der Waals surface area contributed by atoms with Crippen molar-refractivity contribution in [2.45, 2.75) is 19.9 Å². The average molecular weight is 417 g/mol. The summed E-state index contributed by atoms with van der Waals surface area (Å²) in [6.45, 7) is 5.27. The number of amides is 2. The number of carbonyl (C=O) groups excluding carboxylic acids is 2. The van der Waals surface area contributed by atoms with Gasteiger partial charge in [-0.25, -0.2) is 0 Å². The van der Waals surface area contributed by atoms with E-state index in [4.69, 9.17) is 4.74 Å². The van der Waals surface area contributed by atoms with Crippen molar-refractivity contribution in [1.82, 2.24) is 4.90 Å². The first-order chi connectivity index (χ1) is 12.5. The van der Waals surface area contributed by atoms with Crippen molar-refractivity contribution in [2.24, 2.45) is 0 Å². The van der Waals surface area contributed by atoms with Crippen molar-refractivity contribution in [1.29, 1.82) is 0 Å². The summed E-state index contributed by atoms with van der Waals surface area (Å²) in [6, 6.07) is 14.2. The zero-order chi connectivity index (χ0) is 18.7. The number of hydrogen-bond acceptors (Lipinski definition) is 3. The van der Waals surface area contributed by atoms with Crippen LogP contribution in [0.1, 0.15) is 24.2 Å². The van der Waals surface area contributed by atoms with Gasteiger partial charge in [-0.2, -0.15) is 0 Å². The van der Waals surface area contributed by atoms with E-state index in [1.807, 2.05) is 43.3 Å². The van der Waals surface area contributed by atoms with Crippen molar-refractivity contribution in [2.75, 3.05) is 24.6 Å². The van der Waals surface area contributed by atoms with Gasteiger partial charge < -0.3 is 14.5 Å². The molecule has 1 heterocycles. The summed E-state index contributed by atoms with van der Waals surface area (Å²) in [4.78, 5) is 29.0. The Hall–Kier alpha value is -2.34. The highest BCUT2D eigenvalue weighted by Crippen LogP contribution is 2.24. The Morgan fingerprint density at radius 1 is 1.19 bits per heavy atom. The summed E-state index contributed by atoms with van der Waals surface area (Å²) in [5, 5.41) is 0. The Balaban J connectivity index is 1.75. The summed E-state index contributed by atoms with van der Waals surface area (Å²) >= 11 is 3.38. The molecular formula is C20H21BrN2O3. The lowest BCUT2D eigenvalue weighted by Gasteiger charge is -2.39. The van der Waals surface area contributed by atoms with Gasteiger partial charge in [-0.3, -0.25) is 9.59 Å². The Bertz CT molecular complexity index is 807. The molecule has 6 heteroatoms. The molecule has 0 aliphatic carbocycles. The lowest BCUT2D eigenvalue weighted by molar-refractivity contribution is -0.124. The van der Waals surface area contributed by atoms with Gasteiger partial charge in [-0.15, -0.1) is 0 Å². The van der Waals surface area contributed by atoms with E-state index in [0.29, 0.717) is 25.3 Å². The van der Waals surface area contributed by atoms with Crippen LogP contribution in [-0.2, 0) is 4.79 Å². The molecule has 3 rings (SSSR count). The van der Waals surface area contributed by atoms with E-state index >= 15 is 0 Å². The molecule has 136 valence electrons. The number of ether oxygens (including phenoxy) is 1. The smallest absolute Gasteiger partial charge is 0.254 e. The molecule has 26 heavy (non-hydrogen) atoms. The van der Waals surface area contributed by atoms with Crippen molar-refractivity contribution >= 4 is 33.4 Å². The molecule has 1 fully saturated rings. The van der Waals surface area contributed by atoms with E-state index in [0.717, 1.165) is 15.9 Å². The van der Waals surface area contributed by atoms with Crippen LogP contribution >= 0.6 is 15.9 Å². The maximum Gasteiger partial charge on any atom is 0.254 e. The molecule has 2 aromatic carbocycles. The Labute approximate surface area is 161 Å². The molecule has 1 saturated heterocycles. The molecule has 1 atom stereocenters. The Kier molecular flexibility index (Phi) is 5.61. The van der Waals surface area contributed by atoms with E-state index in [1.54, 1.807) is 28.9 Å². The van der Waals surface area contributed by atoms with Gasteiger partial charge >= 0.3 is 0 Å². The predicted molar refractivity (Wildman–Crippen MR) is 105 cm³/mol. The highest BCUT2D eigenvalue weighted by atomic mass is 79.9. The van der Waals surface area contributed by atoms with Gasteiger partial charge in [0.2, 0.25) is 5.91 Å². The molecule has 0 saturated carbocycles. The number of rotatable bonds is 4. The number of benzene rings is 2.